The van der Waals surface area contributed by atoms with E-state index in [0.717, 1.165) is 6.42 Å². The van der Waals surface area contributed by atoms with Crippen molar-refractivity contribution in [1.82, 2.24) is 0 Å². The molecule has 1 saturated carbocycles. The number of methoxy groups -OCH3 is 1. The Balaban J connectivity index is 2.15. The van der Waals surface area contributed by atoms with Gasteiger partial charge in [0.05, 0.1) is 12.7 Å². The maximum Gasteiger partial charge on any atom is 0.338 e. The van der Waals surface area contributed by atoms with Gasteiger partial charge in [0, 0.05) is 0 Å². The van der Waals surface area contributed by atoms with Crippen molar-refractivity contribution in [1.29, 1.82) is 0 Å². The van der Waals surface area contributed by atoms with Gasteiger partial charge in [0.15, 0.2) is 0 Å². The molecular weight excluding hydrogens is 256 g/mol. The van der Waals surface area contributed by atoms with Crippen LogP contribution in [0.2, 0.25) is 0 Å². The fourth-order valence-electron chi connectivity index (χ4n) is 2.97. The quantitative estimate of drug-likeness (QED) is 0.793. The molecule has 0 amide bonds. The van der Waals surface area contributed by atoms with Gasteiger partial charge >= 0.3 is 11.9 Å². The number of carbonyl (C=O) groups is 2. The van der Waals surface area contributed by atoms with Gasteiger partial charge in [0.25, 0.3) is 0 Å². The lowest BCUT2D eigenvalue weighted by molar-refractivity contribution is -0.158. The van der Waals surface area contributed by atoms with Crippen molar-refractivity contribution < 1.29 is 19.1 Å². The summed E-state index contributed by atoms with van der Waals surface area (Å²) < 4.78 is 10.5. The van der Waals surface area contributed by atoms with E-state index in [-0.39, 0.29) is 11.9 Å². The number of hydrogen-bond donors (Lipinski definition) is 0. The minimum atomic E-state index is -0.681. The lowest BCUT2D eigenvalue weighted by Gasteiger charge is -2.31. The van der Waals surface area contributed by atoms with E-state index in [9.17, 15) is 9.59 Å². The van der Waals surface area contributed by atoms with Crippen molar-refractivity contribution >= 4 is 11.9 Å². The van der Waals surface area contributed by atoms with Gasteiger partial charge in [0.1, 0.15) is 11.5 Å². The molecule has 108 valence electrons. The second-order valence-corrected chi connectivity index (χ2v) is 5.15. The largest absolute Gasteiger partial charge is 0.468 e. The van der Waals surface area contributed by atoms with Crippen LogP contribution in [-0.4, -0.2) is 25.2 Å². The summed E-state index contributed by atoms with van der Waals surface area (Å²) in [6, 6.07) is 8.85. The first kappa shape index (κ1) is 14.6. The molecule has 1 fully saturated rings. The van der Waals surface area contributed by atoms with Crippen LogP contribution in [0.3, 0.4) is 0 Å². The van der Waals surface area contributed by atoms with Gasteiger partial charge in [-0.1, -0.05) is 25.1 Å². The predicted molar refractivity (Wildman–Crippen MR) is 74.2 cm³/mol. The Morgan fingerprint density at radius 2 is 2.00 bits per heavy atom. The van der Waals surface area contributed by atoms with E-state index < -0.39 is 11.5 Å². The first-order valence-corrected chi connectivity index (χ1v) is 6.98. The lowest BCUT2D eigenvalue weighted by Crippen LogP contribution is -2.41. The van der Waals surface area contributed by atoms with Crippen molar-refractivity contribution in [3.8, 4) is 0 Å². The van der Waals surface area contributed by atoms with E-state index >= 15 is 0 Å². The fourth-order valence-corrected chi connectivity index (χ4v) is 2.97. The Kier molecular flexibility index (Phi) is 4.42. The third-order valence-electron chi connectivity index (χ3n) is 4.19. The highest BCUT2D eigenvalue weighted by molar-refractivity contribution is 5.90. The second-order valence-electron chi connectivity index (χ2n) is 5.15. The van der Waals surface area contributed by atoms with Crippen LogP contribution in [0.4, 0.5) is 0 Å². The average Bonchev–Trinajstić information content (AvgIpc) is 2.91. The third kappa shape index (κ3) is 2.55. The van der Waals surface area contributed by atoms with Crippen LogP contribution in [-0.2, 0) is 14.3 Å². The summed E-state index contributed by atoms with van der Waals surface area (Å²) in [5.41, 5.74) is -0.173. The van der Waals surface area contributed by atoms with Crippen molar-refractivity contribution in [2.45, 2.75) is 38.7 Å². The standard InChI is InChI=1S/C16H20O4/c1-3-16(15(18)19-2)11-7-10-13(16)20-14(17)12-8-5-4-6-9-12/h4-6,8-9,13H,3,7,10-11H2,1-2H3. The molecule has 1 aromatic carbocycles. The lowest BCUT2D eigenvalue weighted by atomic mass is 9.81. The summed E-state index contributed by atoms with van der Waals surface area (Å²) in [6.07, 6.45) is 2.51. The normalized spacial score (nSPS) is 25.2. The smallest absolute Gasteiger partial charge is 0.338 e. The monoisotopic (exact) mass is 276 g/mol. The molecular formula is C16H20O4. The minimum absolute atomic E-state index is 0.275. The van der Waals surface area contributed by atoms with E-state index in [0.29, 0.717) is 24.8 Å². The molecule has 4 nitrogen and oxygen atoms in total. The molecule has 1 aliphatic rings. The SMILES string of the molecule is CCC1(C(=O)OC)CCCC1OC(=O)c1ccccc1. The zero-order valence-corrected chi connectivity index (χ0v) is 11.9. The van der Waals surface area contributed by atoms with Gasteiger partial charge in [-0.2, -0.15) is 0 Å². The summed E-state index contributed by atoms with van der Waals surface area (Å²) in [4.78, 5) is 24.2. The Labute approximate surface area is 119 Å². The Bertz CT molecular complexity index is 483. The van der Waals surface area contributed by atoms with Crippen LogP contribution >= 0.6 is 0 Å². The van der Waals surface area contributed by atoms with Crippen LogP contribution in [0.15, 0.2) is 30.3 Å². The molecule has 0 radical (unpaired) electrons. The Hall–Kier alpha value is -1.84. The van der Waals surface area contributed by atoms with Gasteiger partial charge in [-0.3, -0.25) is 4.79 Å². The second kappa shape index (κ2) is 6.07. The van der Waals surface area contributed by atoms with Crippen LogP contribution in [0.25, 0.3) is 0 Å². The van der Waals surface area contributed by atoms with Crippen LogP contribution < -0.4 is 0 Å². The molecule has 2 atom stereocenters. The summed E-state index contributed by atoms with van der Waals surface area (Å²) in [7, 11) is 1.38. The Morgan fingerprint density at radius 1 is 1.30 bits per heavy atom. The highest BCUT2D eigenvalue weighted by Gasteiger charge is 2.50. The third-order valence-corrected chi connectivity index (χ3v) is 4.19. The summed E-state index contributed by atoms with van der Waals surface area (Å²) in [5, 5.41) is 0. The maximum atomic E-state index is 12.1. The molecule has 4 heteroatoms. The molecule has 0 heterocycles. The molecule has 0 aromatic heterocycles. The average molecular weight is 276 g/mol. The molecule has 0 saturated heterocycles. The molecule has 1 aromatic rings. The maximum absolute atomic E-state index is 12.1. The number of carbonyl (C=O) groups excluding carboxylic acids is 2. The van der Waals surface area contributed by atoms with E-state index in [4.69, 9.17) is 9.47 Å². The number of benzene rings is 1. The molecule has 2 unspecified atom stereocenters. The molecule has 20 heavy (non-hydrogen) atoms. The molecule has 0 N–H and O–H groups in total. The number of esters is 2. The Morgan fingerprint density at radius 3 is 2.60 bits per heavy atom. The molecule has 0 bridgehead atoms. The van der Waals surface area contributed by atoms with Crippen LogP contribution in [0.1, 0.15) is 43.0 Å². The summed E-state index contributed by atoms with van der Waals surface area (Å²) in [5.74, 6) is -0.650. The van der Waals surface area contributed by atoms with E-state index in [1.54, 1.807) is 24.3 Å². The van der Waals surface area contributed by atoms with E-state index in [2.05, 4.69) is 0 Å². The van der Waals surface area contributed by atoms with E-state index in [1.807, 2.05) is 13.0 Å². The van der Waals surface area contributed by atoms with Gasteiger partial charge in [-0.25, -0.2) is 4.79 Å². The van der Waals surface area contributed by atoms with Crippen molar-refractivity contribution in [3.63, 3.8) is 0 Å². The van der Waals surface area contributed by atoms with Gasteiger partial charge in [0.2, 0.25) is 0 Å². The molecule has 1 aliphatic carbocycles. The first-order valence-electron chi connectivity index (χ1n) is 6.98. The molecule has 0 aliphatic heterocycles. The summed E-state index contributed by atoms with van der Waals surface area (Å²) >= 11 is 0. The summed E-state index contributed by atoms with van der Waals surface area (Å²) in [6.45, 7) is 1.94. The van der Waals surface area contributed by atoms with Crippen molar-refractivity contribution in [3.05, 3.63) is 35.9 Å². The molecule has 0 spiro atoms. The van der Waals surface area contributed by atoms with Gasteiger partial charge in [-0.15, -0.1) is 0 Å². The fraction of sp³-hybridized carbons (Fsp3) is 0.500. The highest BCUT2D eigenvalue weighted by Crippen LogP contribution is 2.44. The van der Waals surface area contributed by atoms with E-state index in [1.165, 1.54) is 7.11 Å². The number of rotatable bonds is 4. The minimum Gasteiger partial charge on any atom is -0.468 e. The first-order chi connectivity index (χ1) is 9.64. The number of ether oxygens (including phenoxy) is 2. The zero-order chi connectivity index (χ0) is 14.6. The zero-order valence-electron chi connectivity index (χ0n) is 11.9. The topological polar surface area (TPSA) is 52.6 Å². The van der Waals surface area contributed by atoms with Gasteiger partial charge < -0.3 is 9.47 Å². The van der Waals surface area contributed by atoms with Crippen molar-refractivity contribution in [2.75, 3.05) is 7.11 Å². The van der Waals surface area contributed by atoms with Gasteiger partial charge in [-0.05, 0) is 37.8 Å². The molecule has 2 rings (SSSR count). The predicted octanol–water partition coefficient (Wildman–Crippen LogP) is 2.97. The number of hydrogen-bond acceptors (Lipinski definition) is 4. The van der Waals surface area contributed by atoms with Crippen LogP contribution in [0, 0.1) is 5.41 Å². The van der Waals surface area contributed by atoms with Crippen LogP contribution in [0.5, 0.6) is 0 Å². The van der Waals surface area contributed by atoms with Crippen molar-refractivity contribution in [2.24, 2.45) is 5.41 Å². The highest BCUT2D eigenvalue weighted by atomic mass is 16.6.